The van der Waals surface area contributed by atoms with Crippen molar-refractivity contribution in [2.45, 2.75) is 17.5 Å². The predicted octanol–water partition coefficient (Wildman–Crippen LogP) is 1.79. The smallest absolute Gasteiger partial charge is 0.211 e. The van der Waals surface area contributed by atoms with E-state index >= 15 is 0 Å². The van der Waals surface area contributed by atoms with Crippen LogP contribution in [-0.4, -0.2) is 21.1 Å². The van der Waals surface area contributed by atoms with Crippen LogP contribution in [0.4, 0.5) is 13.2 Å². The Morgan fingerprint density at radius 1 is 1.33 bits per heavy atom. The van der Waals surface area contributed by atoms with Gasteiger partial charge in [-0.1, -0.05) is 6.07 Å². The Hall–Kier alpha value is -1.59. The van der Waals surface area contributed by atoms with Crippen LogP contribution in [0, 0.1) is 11.3 Å². The highest BCUT2D eigenvalue weighted by Crippen LogP contribution is 2.19. The second kappa shape index (κ2) is 5.37. The summed E-state index contributed by atoms with van der Waals surface area (Å²) in [4.78, 5) is -0.233. The van der Waals surface area contributed by atoms with Gasteiger partial charge in [0.25, 0.3) is 0 Å². The third kappa shape index (κ3) is 4.35. The molecule has 0 aliphatic rings. The van der Waals surface area contributed by atoms with Crippen molar-refractivity contribution < 1.29 is 21.6 Å². The molecule has 0 fully saturated rings. The summed E-state index contributed by atoms with van der Waals surface area (Å²) >= 11 is 0. The number of hydrogen-bond acceptors (Lipinski definition) is 3. The van der Waals surface area contributed by atoms with Crippen LogP contribution >= 0.6 is 0 Å². The zero-order valence-electron chi connectivity index (χ0n) is 9.03. The van der Waals surface area contributed by atoms with Crippen molar-refractivity contribution in [1.29, 1.82) is 5.26 Å². The number of benzene rings is 1. The minimum atomic E-state index is -4.42. The van der Waals surface area contributed by atoms with Crippen molar-refractivity contribution in [3.8, 4) is 6.07 Å². The van der Waals surface area contributed by atoms with Crippen molar-refractivity contribution in [2.24, 2.45) is 0 Å². The molecular weight excluding hydrogens is 269 g/mol. The van der Waals surface area contributed by atoms with Crippen LogP contribution in [0.1, 0.15) is 12.0 Å². The summed E-state index contributed by atoms with van der Waals surface area (Å²) in [6.45, 7) is -0.734. The van der Waals surface area contributed by atoms with E-state index in [9.17, 15) is 21.6 Å². The largest absolute Gasteiger partial charge is 0.390 e. The van der Waals surface area contributed by atoms with E-state index in [-0.39, 0.29) is 10.5 Å². The number of sulfonamides is 1. The lowest BCUT2D eigenvalue weighted by molar-refractivity contribution is -0.132. The van der Waals surface area contributed by atoms with E-state index in [0.29, 0.717) is 0 Å². The Kier molecular flexibility index (Phi) is 4.32. The van der Waals surface area contributed by atoms with Gasteiger partial charge in [-0.2, -0.15) is 18.4 Å². The van der Waals surface area contributed by atoms with Gasteiger partial charge in [0.1, 0.15) is 0 Å². The van der Waals surface area contributed by atoms with E-state index in [4.69, 9.17) is 5.26 Å². The van der Waals surface area contributed by atoms with Gasteiger partial charge >= 0.3 is 6.18 Å². The molecule has 0 saturated carbocycles. The van der Waals surface area contributed by atoms with Crippen LogP contribution < -0.4 is 4.72 Å². The summed E-state index contributed by atoms with van der Waals surface area (Å²) in [5.74, 6) is 0. The third-order valence-electron chi connectivity index (χ3n) is 1.97. The second-order valence-electron chi connectivity index (χ2n) is 3.40. The van der Waals surface area contributed by atoms with Crippen LogP contribution in [-0.2, 0) is 10.0 Å². The number of nitrogens with one attached hydrogen (secondary N) is 1. The first-order valence-corrected chi connectivity index (χ1v) is 6.29. The van der Waals surface area contributed by atoms with Gasteiger partial charge in [-0.15, -0.1) is 0 Å². The molecule has 8 heteroatoms. The summed E-state index contributed by atoms with van der Waals surface area (Å²) in [5, 5.41) is 8.60. The van der Waals surface area contributed by atoms with Gasteiger partial charge in [0, 0.05) is 6.54 Å². The summed E-state index contributed by atoms with van der Waals surface area (Å²) in [5.41, 5.74) is 0.119. The standard InChI is InChI=1S/C10H9F3N2O2S/c11-10(12,13)4-5-15-18(16,17)9-3-1-2-8(6-9)7-14/h1-3,6,15H,4-5H2. The predicted molar refractivity (Wildman–Crippen MR) is 57.0 cm³/mol. The summed E-state index contributed by atoms with van der Waals surface area (Å²) in [6.07, 6.45) is -5.67. The van der Waals surface area contributed by atoms with E-state index < -0.39 is 29.2 Å². The lowest BCUT2D eigenvalue weighted by Crippen LogP contribution is -2.28. The van der Waals surface area contributed by atoms with Gasteiger partial charge in [0.2, 0.25) is 10.0 Å². The number of halogens is 3. The van der Waals surface area contributed by atoms with Gasteiger partial charge in [-0.25, -0.2) is 13.1 Å². The summed E-state index contributed by atoms with van der Waals surface area (Å²) in [7, 11) is -4.02. The van der Waals surface area contributed by atoms with Gasteiger partial charge in [-0.05, 0) is 18.2 Å². The molecule has 0 unspecified atom stereocenters. The highest BCUT2D eigenvalue weighted by molar-refractivity contribution is 7.89. The van der Waals surface area contributed by atoms with Crippen LogP contribution in [0.2, 0.25) is 0 Å². The van der Waals surface area contributed by atoms with Crippen molar-refractivity contribution in [3.63, 3.8) is 0 Å². The maximum atomic E-state index is 11.9. The number of rotatable bonds is 4. The highest BCUT2D eigenvalue weighted by Gasteiger charge is 2.27. The van der Waals surface area contributed by atoms with Gasteiger partial charge in [0.05, 0.1) is 22.9 Å². The monoisotopic (exact) mass is 278 g/mol. The van der Waals surface area contributed by atoms with E-state index in [1.54, 1.807) is 6.07 Å². The second-order valence-corrected chi connectivity index (χ2v) is 5.17. The fourth-order valence-electron chi connectivity index (χ4n) is 1.14. The Bertz CT molecular complexity index is 561. The topological polar surface area (TPSA) is 70.0 Å². The zero-order chi connectivity index (χ0) is 13.8. The first-order valence-electron chi connectivity index (χ1n) is 4.81. The van der Waals surface area contributed by atoms with E-state index in [0.717, 1.165) is 6.07 Å². The molecule has 98 valence electrons. The molecule has 0 aliphatic heterocycles. The molecule has 1 aromatic carbocycles. The Labute approximate surface area is 102 Å². The minimum absolute atomic E-state index is 0.119. The van der Waals surface area contributed by atoms with Gasteiger partial charge in [-0.3, -0.25) is 0 Å². The number of hydrogen-bond donors (Lipinski definition) is 1. The molecule has 0 heterocycles. The molecule has 0 aliphatic carbocycles. The average molecular weight is 278 g/mol. The minimum Gasteiger partial charge on any atom is -0.211 e. The van der Waals surface area contributed by atoms with E-state index in [1.165, 1.54) is 18.2 Å². The van der Waals surface area contributed by atoms with Crippen molar-refractivity contribution in [2.75, 3.05) is 6.54 Å². The third-order valence-corrected chi connectivity index (χ3v) is 3.43. The molecule has 0 bridgehead atoms. The maximum absolute atomic E-state index is 11.9. The fraction of sp³-hybridized carbons (Fsp3) is 0.300. The van der Waals surface area contributed by atoms with Crippen LogP contribution in [0.25, 0.3) is 0 Å². The highest BCUT2D eigenvalue weighted by atomic mass is 32.2. The van der Waals surface area contributed by atoms with E-state index in [2.05, 4.69) is 0 Å². The molecular formula is C10H9F3N2O2S. The zero-order valence-corrected chi connectivity index (χ0v) is 9.85. The average Bonchev–Trinajstić information content (AvgIpc) is 2.27. The van der Waals surface area contributed by atoms with Crippen LogP contribution in [0.5, 0.6) is 0 Å². The number of nitriles is 1. The molecule has 18 heavy (non-hydrogen) atoms. The lowest BCUT2D eigenvalue weighted by atomic mass is 10.2. The first kappa shape index (κ1) is 14.5. The normalized spacial score (nSPS) is 12.1. The SMILES string of the molecule is N#Cc1cccc(S(=O)(=O)NCCC(F)(F)F)c1. The summed E-state index contributed by atoms with van der Waals surface area (Å²) in [6, 6.07) is 6.79. The van der Waals surface area contributed by atoms with Crippen LogP contribution in [0.15, 0.2) is 29.2 Å². The molecule has 4 nitrogen and oxygen atoms in total. The molecule has 1 N–H and O–H groups in total. The molecule has 0 atom stereocenters. The van der Waals surface area contributed by atoms with Gasteiger partial charge < -0.3 is 0 Å². The molecule has 0 radical (unpaired) electrons. The maximum Gasteiger partial charge on any atom is 0.390 e. The van der Waals surface area contributed by atoms with E-state index in [1.807, 2.05) is 4.72 Å². The Balaban J connectivity index is 2.78. The summed E-state index contributed by atoms with van der Waals surface area (Å²) < 4.78 is 60.6. The molecule has 0 amide bonds. The van der Waals surface area contributed by atoms with Crippen molar-refractivity contribution in [1.82, 2.24) is 4.72 Å². The van der Waals surface area contributed by atoms with Crippen molar-refractivity contribution in [3.05, 3.63) is 29.8 Å². The van der Waals surface area contributed by atoms with Gasteiger partial charge in [0.15, 0.2) is 0 Å². The molecule has 1 rings (SSSR count). The van der Waals surface area contributed by atoms with Crippen molar-refractivity contribution >= 4 is 10.0 Å². The fourth-order valence-corrected chi connectivity index (χ4v) is 2.22. The lowest BCUT2D eigenvalue weighted by Gasteiger charge is -2.08. The number of alkyl halides is 3. The molecule has 0 saturated heterocycles. The van der Waals surface area contributed by atoms with Crippen LogP contribution in [0.3, 0.4) is 0 Å². The molecule has 0 spiro atoms. The number of nitrogens with zero attached hydrogens (tertiary/aromatic N) is 1. The molecule has 0 aromatic heterocycles. The molecule has 1 aromatic rings. The Morgan fingerprint density at radius 3 is 2.56 bits per heavy atom. The quantitative estimate of drug-likeness (QED) is 0.912. The first-order chi connectivity index (χ1) is 8.24. The Morgan fingerprint density at radius 2 is 2.00 bits per heavy atom.